The van der Waals surface area contributed by atoms with E-state index in [1.165, 1.54) is 16.7 Å². The minimum Gasteiger partial charge on any atom is -0.315 e. The zero-order valence-electron chi connectivity index (χ0n) is 14.9. The molecule has 0 N–H and O–H groups in total. The lowest BCUT2D eigenvalue weighted by Crippen LogP contribution is -2.39. The van der Waals surface area contributed by atoms with Gasteiger partial charge in [-0.25, -0.2) is 8.42 Å². The quantitative estimate of drug-likeness (QED) is 0.809. The lowest BCUT2D eigenvalue weighted by Gasteiger charge is -2.27. The van der Waals surface area contributed by atoms with E-state index in [-0.39, 0.29) is 23.6 Å². The summed E-state index contributed by atoms with van der Waals surface area (Å²) in [4.78, 5) is 6.95. The van der Waals surface area contributed by atoms with Crippen LogP contribution in [0.25, 0.3) is 0 Å². The molecule has 2 aromatic rings. The third-order valence-corrected chi connectivity index (χ3v) is 7.82. The van der Waals surface area contributed by atoms with Crippen LogP contribution in [-0.2, 0) is 15.6 Å². The Hall–Kier alpha value is -1.79. The van der Waals surface area contributed by atoms with Crippen molar-refractivity contribution < 1.29 is 8.42 Å². The number of rotatable bonds is 3. The molecule has 6 heteroatoms. The predicted molar refractivity (Wildman–Crippen MR) is 110 cm³/mol. The average molecular weight is 387 g/mol. The number of fused-ring (bicyclic) bond motifs is 1. The first-order chi connectivity index (χ1) is 12.4. The number of aliphatic imine (C=N–C) groups is 1. The highest BCUT2D eigenvalue weighted by atomic mass is 32.2. The molecule has 2 aromatic carbocycles. The molecule has 2 heterocycles. The molecule has 1 fully saturated rings. The molecule has 2 atom stereocenters. The smallest absolute Gasteiger partial charge is 0.164 e. The van der Waals surface area contributed by atoms with E-state index in [1.54, 1.807) is 11.8 Å². The Morgan fingerprint density at radius 2 is 1.85 bits per heavy atom. The molecule has 0 amide bonds. The molecule has 4 rings (SSSR count). The molecule has 2 aliphatic rings. The van der Waals surface area contributed by atoms with Crippen molar-refractivity contribution in [1.29, 1.82) is 0 Å². The average Bonchev–Trinajstić information content (AvgIpc) is 3.07. The highest BCUT2D eigenvalue weighted by molar-refractivity contribution is 8.13. The second-order valence-electron chi connectivity index (χ2n) is 7.04. The SMILES string of the molecule is Cc1ccc(N2C(SCc3ccccc3)=N[C@H]3CS(=O)(=O)C[C@@H]32)cc1C. The van der Waals surface area contributed by atoms with Crippen molar-refractivity contribution >= 4 is 32.5 Å². The minimum atomic E-state index is -3.01. The molecule has 0 aliphatic carbocycles. The van der Waals surface area contributed by atoms with E-state index in [4.69, 9.17) is 4.99 Å². The van der Waals surface area contributed by atoms with Gasteiger partial charge in [0.15, 0.2) is 15.0 Å². The Morgan fingerprint density at radius 1 is 1.08 bits per heavy atom. The van der Waals surface area contributed by atoms with Crippen LogP contribution in [-0.4, -0.2) is 37.2 Å². The first-order valence-electron chi connectivity index (χ1n) is 8.74. The zero-order valence-corrected chi connectivity index (χ0v) is 16.6. The predicted octanol–water partition coefficient (Wildman–Crippen LogP) is 3.58. The van der Waals surface area contributed by atoms with Crippen molar-refractivity contribution in [3.8, 4) is 0 Å². The van der Waals surface area contributed by atoms with E-state index >= 15 is 0 Å². The Labute approximate surface area is 159 Å². The second kappa shape index (κ2) is 6.74. The molecule has 0 saturated carbocycles. The van der Waals surface area contributed by atoms with E-state index < -0.39 is 9.84 Å². The summed E-state index contributed by atoms with van der Waals surface area (Å²) in [7, 11) is -3.01. The van der Waals surface area contributed by atoms with Gasteiger partial charge in [-0.3, -0.25) is 4.99 Å². The largest absolute Gasteiger partial charge is 0.315 e. The summed E-state index contributed by atoms with van der Waals surface area (Å²) in [6.45, 7) is 4.18. The third-order valence-electron chi connectivity index (χ3n) is 5.09. The number of nitrogens with zero attached hydrogens (tertiary/aromatic N) is 2. The van der Waals surface area contributed by atoms with Crippen LogP contribution in [0.4, 0.5) is 5.69 Å². The Balaban J connectivity index is 1.65. The van der Waals surface area contributed by atoms with Crippen molar-refractivity contribution in [2.24, 2.45) is 4.99 Å². The Morgan fingerprint density at radius 3 is 2.58 bits per heavy atom. The summed E-state index contributed by atoms with van der Waals surface area (Å²) in [5.41, 5.74) is 4.72. The fourth-order valence-corrected chi connectivity index (χ4v) is 6.46. The normalized spacial score (nSPS) is 23.8. The number of anilines is 1. The molecule has 1 saturated heterocycles. The Kier molecular flexibility index (Phi) is 4.57. The van der Waals surface area contributed by atoms with E-state index in [2.05, 4.69) is 49.1 Å². The van der Waals surface area contributed by atoms with Crippen LogP contribution >= 0.6 is 11.8 Å². The van der Waals surface area contributed by atoms with Gasteiger partial charge in [-0.2, -0.15) is 0 Å². The van der Waals surface area contributed by atoms with Crippen LogP contribution in [0.15, 0.2) is 53.5 Å². The van der Waals surface area contributed by atoms with Crippen LogP contribution in [0.5, 0.6) is 0 Å². The lowest BCUT2D eigenvalue weighted by atomic mass is 10.1. The van der Waals surface area contributed by atoms with Gasteiger partial charge in [0.05, 0.1) is 23.6 Å². The second-order valence-corrected chi connectivity index (χ2v) is 10.1. The van der Waals surface area contributed by atoms with Crippen molar-refractivity contribution in [1.82, 2.24) is 0 Å². The first-order valence-corrected chi connectivity index (χ1v) is 11.5. The van der Waals surface area contributed by atoms with Gasteiger partial charge in [0.25, 0.3) is 0 Å². The van der Waals surface area contributed by atoms with Crippen LogP contribution in [0.3, 0.4) is 0 Å². The highest BCUT2D eigenvalue weighted by Crippen LogP contribution is 2.36. The van der Waals surface area contributed by atoms with E-state index in [9.17, 15) is 8.42 Å². The summed E-state index contributed by atoms with van der Waals surface area (Å²) >= 11 is 1.69. The topological polar surface area (TPSA) is 49.7 Å². The molecule has 0 aromatic heterocycles. The van der Waals surface area contributed by atoms with Gasteiger partial charge < -0.3 is 4.90 Å². The van der Waals surface area contributed by atoms with Gasteiger partial charge in [-0.05, 0) is 42.7 Å². The number of hydrogen-bond acceptors (Lipinski definition) is 5. The Bertz CT molecular complexity index is 955. The maximum Gasteiger partial charge on any atom is 0.164 e. The van der Waals surface area contributed by atoms with Gasteiger partial charge in [0, 0.05) is 11.4 Å². The summed E-state index contributed by atoms with van der Waals surface area (Å²) in [6, 6.07) is 16.4. The molecule has 0 bridgehead atoms. The summed E-state index contributed by atoms with van der Waals surface area (Å²) in [6.07, 6.45) is 0. The first kappa shape index (κ1) is 17.6. The van der Waals surface area contributed by atoms with Crippen LogP contribution in [0.2, 0.25) is 0 Å². The molecule has 4 nitrogen and oxygen atoms in total. The number of aryl methyl sites for hydroxylation is 2. The number of benzene rings is 2. The van der Waals surface area contributed by atoms with E-state index in [0.717, 1.165) is 16.6 Å². The number of sulfone groups is 1. The summed E-state index contributed by atoms with van der Waals surface area (Å²) in [5.74, 6) is 1.17. The van der Waals surface area contributed by atoms with Gasteiger partial charge in [0.2, 0.25) is 0 Å². The molecular weight excluding hydrogens is 364 g/mol. The van der Waals surface area contributed by atoms with Crippen molar-refractivity contribution in [3.05, 3.63) is 65.2 Å². The van der Waals surface area contributed by atoms with Crippen LogP contribution < -0.4 is 4.90 Å². The van der Waals surface area contributed by atoms with Crippen molar-refractivity contribution in [2.45, 2.75) is 31.7 Å². The molecule has 0 spiro atoms. The monoisotopic (exact) mass is 386 g/mol. The number of thioether (sulfide) groups is 1. The van der Waals surface area contributed by atoms with Gasteiger partial charge in [-0.15, -0.1) is 0 Å². The summed E-state index contributed by atoms with van der Waals surface area (Å²) < 4.78 is 24.3. The lowest BCUT2D eigenvalue weighted by molar-refractivity contribution is 0.601. The molecule has 0 radical (unpaired) electrons. The molecular formula is C20H22N2O2S2. The van der Waals surface area contributed by atoms with Crippen molar-refractivity contribution in [2.75, 3.05) is 16.4 Å². The maximum atomic E-state index is 12.1. The van der Waals surface area contributed by atoms with E-state index in [0.29, 0.717) is 0 Å². The summed E-state index contributed by atoms with van der Waals surface area (Å²) in [5, 5.41) is 0.932. The third kappa shape index (κ3) is 3.40. The highest BCUT2D eigenvalue weighted by Gasteiger charge is 2.47. The van der Waals surface area contributed by atoms with Gasteiger partial charge in [0.1, 0.15) is 0 Å². The number of hydrogen-bond donors (Lipinski definition) is 0. The molecule has 0 unspecified atom stereocenters. The molecule has 26 heavy (non-hydrogen) atoms. The zero-order chi connectivity index (χ0) is 18.3. The van der Waals surface area contributed by atoms with Crippen molar-refractivity contribution in [3.63, 3.8) is 0 Å². The number of amidine groups is 1. The molecule has 136 valence electrons. The van der Waals surface area contributed by atoms with Crippen LogP contribution in [0.1, 0.15) is 16.7 Å². The van der Waals surface area contributed by atoms with Gasteiger partial charge >= 0.3 is 0 Å². The fraction of sp³-hybridized carbons (Fsp3) is 0.350. The standard InChI is InChI=1S/C20H22N2O2S2/c1-14-8-9-17(10-15(14)2)22-19-13-26(23,24)12-18(19)21-20(22)25-11-16-6-4-3-5-7-16/h3-10,18-19H,11-13H2,1-2H3/t18-,19-/m0/s1. The van der Waals surface area contributed by atoms with E-state index in [1.807, 2.05) is 18.2 Å². The van der Waals surface area contributed by atoms with Gasteiger partial charge in [-0.1, -0.05) is 48.2 Å². The van der Waals surface area contributed by atoms with Crippen LogP contribution in [0, 0.1) is 13.8 Å². The minimum absolute atomic E-state index is 0.0830. The maximum absolute atomic E-state index is 12.1. The molecule has 2 aliphatic heterocycles. The fourth-order valence-electron chi connectivity index (χ4n) is 3.53.